The Morgan fingerprint density at radius 3 is 2.47 bits per heavy atom. The van der Waals surface area contributed by atoms with E-state index < -0.39 is 10.0 Å². The number of rotatable bonds is 9. The number of ether oxygens (including phenoxy) is 1. The zero-order valence-corrected chi connectivity index (χ0v) is 18.3. The summed E-state index contributed by atoms with van der Waals surface area (Å²) < 4.78 is 33.7. The summed E-state index contributed by atoms with van der Waals surface area (Å²) in [5.41, 5.74) is 0.983. The number of anilines is 1. The van der Waals surface area contributed by atoms with Crippen LogP contribution in [0.2, 0.25) is 0 Å². The van der Waals surface area contributed by atoms with Crippen LogP contribution in [-0.4, -0.2) is 79.2 Å². The third-order valence-electron chi connectivity index (χ3n) is 5.16. The van der Waals surface area contributed by atoms with E-state index in [1.54, 1.807) is 17.1 Å². The quantitative estimate of drug-likeness (QED) is 0.641. The monoisotopic (exact) mass is 435 g/mol. The number of aromatic nitrogens is 2. The summed E-state index contributed by atoms with van der Waals surface area (Å²) in [6, 6.07) is 5.97. The second-order valence-electron chi connectivity index (χ2n) is 7.01. The molecule has 164 valence electrons. The Labute approximate surface area is 177 Å². The van der Waals surface area contributed by atoms with Gasteiger partial charge in [-0.2, -0.15) is 9.40 Å². The smallest absolute Gasteiger partial charge is 0.255 e. The number of carbonyl (C=O) groups excluding carboxylic acids is 1. The number of nitrogens with zero attached hydrogens (tertiary/aromatic N) is 4. The number of sulfonamides is 1. The van der Waals surface area contributed by atoms with Crippen molar-refractivity contribution in [2.24, 2.45) is 0 Å². The van der Waals surface area contributed by atoms with Gasteiger partial charge in [0.25, 0.3) is 5.91 Å². The van der Waals surface area contributed by atoms with Gasteiger partial charge in [0.1, 0.15) is 0 Å². The fraction of sp³-hybridized carbons (Fsp3) is 0.500. The zero-order valence-electron chi connectivity index (χ0n) is 17.5. The summed E-state index contributed by atoms with van der Waals surface area (Å²) >= 11 is 0. The van der Waals surface area contributed by atoms with Crippen molar-refractivity contribution in [3.63, 3.8) is 0 Å². The van der Waals surface area contributed by atoms with Crippen LogP contribution in [0.5, 0.6) is 0 Å². The van der Waals surface area contributed by atoms with Crippen LogP contribution in [0.25, 0.3) is 0 Å². The van der Waals surface area contributed by atoms with Gasteiger partial charge < -0.3 is 15.0 Å². The van der Waals surface area contributed by atoms with Crippen LogP contribution in [0.15, 0.2) is 41.6 Å². The Kier molecular flexibility index (Phi) is 7.59. The van der Waals surface area contributed by atoms with E-state index in [0.29, 0.717) is 37.6 Å². The first-order valence-corrected chi connectivity index (χ1v) is 11.6. The van der Waals surface area contributed by atoms with Gasteiger partial charge in [-0.05, 0) is 37.4 Å². The average Bonchev–Trinajstić information content (AvgIpc) is 3.22. The maximum absolute atomic E-state index is 12.7. The van der Waals surface area contributed by atoms with Gasteiger partial charge in [0.2, 0.25) is 10.0 Å². The maximum atomic E-state index is 12.7. The normalized spacial score (nSPS) is 15.4. The van der Waals surface area contributed by atoms with E-state index in [2.05, 4.69) is 29.2 Å². The lowest BCUT2D eigenvalue weighted by atomic mass is 10.2. The lowest BCUT2D eigenvalue weighted by Crippen LogP contribution is -2.40. The van der Waals surface area contributed by atoms with Gasteiger partial charge in [0.15, 0.2) is 0 Å². The number of likely N-dealkylation sites (N-methyl/N-ethyl adjacent to an activating group) is 1. The predicted octanol–water partition coefficient (Wildman–Crippen LogP) is 1.50. The molecule has 0 aliphatic carbocycles. The number of hydrogen-bond donors (Lipinski definition) is 1. The molecule has 1 fully saturated rings. The second-order valence-corrected chi connectivity index (χ2v) is 8.95. The Morgan fingerprint density at radius 2 is 1.83 bits per heavy atom. The van der Waals surface area contributed by atoms with Crippen molar-refractivity contribution in [2.45, 2.75) is 25.3 Å². The highest BCUT2D eigenvalue weighted by Crippen LogP contribution is 2.18. The molecule has 0 radical (unpaired) electrons. The van der Waals surface area contributed by atoms with Crippen LogP contribution in [0, 0.1) is 0 Å². The van der Waals surface area contributed by atoms with Crippen molar-refractivity contribution >= 4 is 21.6 Å². The Balaban J connectivity index is 1.60. The van der Waals surface area contributed by atoms with Gasteiger partial charge in [0.05, 0.1) is 36.5 Å². The first-order chi connectivity index (χ1) is 14.4. The van der Waals surface area contributed by atoms with Crippen molar-refractivity contribution in [3.8, 4) is 0 Å². The topological polar surface area (TPSA) is 96.8 Å². The number of morpholine rings is 1. The van der Waals surface area contributed by atoms with E-state index in [9.17, 15) is 13.2 Å². The second kappa shape index (κ2) is 10.2. The van der Waals surface area contributed by atoms with Crippen molar-refractivity contribution in [1.82, 2.24) is 19.0 Å². The summed E-state index contributed by atoms with van der Waals surface area (Å²) in [7, 11) is -3.57. The van der Waals surface area contributed by atoms with Crippen molar-refractivity contribution in [3.05, 3.63) is 42.2 Å². The number of nitrogens with one attached hydrogen (secondary N) is 1. The van der Waals surface area contributed by atoms with Crippen LogP contribution in [0.1, 0.15) is 24.2 Å². The molecule has 2 aromatic rings. The summed E-state index contributed by atoms with van der Waals surface area (Å²) in [6.45, 7) is 9.30. The molecule has 1 amide bonds. The van der Waals surface area contributed by atoms with Crippen molar-refractivity contribution in [2.75, 3.05) is 51.3 Å². The van der Waals surface area contributed by atoms with Crippen LogP contribution in [0.4, 0.5) is 5.69 Å². The highest BCUT2D eigenvalue weighted by molar-refractivity contribution is 7.89. The van der Waals surface area contributed by atoms with Crippen molar-refractivity contribution < 1.29 is 17.9 Å². The minimum absolute atomic E-state index is 0.171. The molecule has 9 nitrogen and oxygen atoms in total. The number of amides is 1. The molecule has 1 aromatic carbocycles. The first kappa shape index (κ1) is 22.4. The molecule has 1 aliphatic heterocycles. The van der Waals surface area contributed by atoms with E-state index in [1.165, 1.54) is 28.6 Å². The first-order valence-electron chi connectivity index (χ1n) is 10.2. The van der Waals surface area contributed by atoms with E-state index in [-0.39, 0.29) is 10.8 Å². The maximum Gasteiger partial charge on any atom is 0.255 e. The minimum Gasteiger partial charge on any atom is -0.379 e. The van der Waals surface area contributed by atoms with Gasteiger partial charge in [-0.25, -0.2) is 8.42 Å². The zero-order chi connectivity index (χ0) is 21.6. The molecule has 1 N–H and O–H groups in total. The van der Waals surface area contributed by atoms with Gasteiger partial charge in [-0.15, -0.1) is 0 Å². The molecule has 10 heteroatoms. The molecular formula is C20H29N5O4S. The molecule has 2 heterocycles. The fourth-order valence-corrected chi connectivity index (χ4v) is 4.66. The lowest BCUT2D eigenvalue weighted by Gasteiger charge is -2.26. The largest absolute Gasteiger partial charge is 0.379 e. The molecule has 0 saturated carbocycles. The summed E-state index contributed by atoms with van der Waals surface area (Å²) in [6.07, 6.45) is 3.40. The fourth-order valence-electron chi connectivity index (χ4n) is 3.25. The third-order valence-corrected chi connectivity index (χ3v) is 7.07. The van der Waals surface area contributed by atoms with Gasteiger partial charge in [-0.3, -0.25) is 9.48 Å². The number of benzene rings is 1. The summed E-state index contributed by atoms with van der Waals surface area (Å²) in [4.78, 5) is 15.0. The van der Waals surface area contributed by atoms with Crippen molar-refractivity contribution in [1.29, 1.82) is 0 Å². The van der Waals surface area contributed by atoms with E-state index in [4.69, 9.17) is 4.74 Å². The highest BCUT2D eigenvalue weighted by atomic mass is 32.2. The van der Waals surface area contributed by atoms with Crippen LogP contribution < -0.4 is 5.32 Å². The molecular weight excluding hydrogens is 406 g/mol. The molecule has 1 aliphatic rings. The van der Waals surface area contributed by atoms with Gasteiger partial charge in [0, 0.05) is 31.4 Å². The molecule has 0 atom stereocenters. The standard InChI is InChI=1S/C20H29N5O4S/c1-3-23(4-2)9-10-24-16-18(15-21-24)22-20(26)17-5-7-19(8-6-17)30(27,28)25-11-13-29-14-12-25/h5-8,15-16H,3-4,9-14H2,1-2H3,(H,22,26). The Hall–Kier alpha value is -2.27. The lowest BCUT2D eigenvalue weighted by molar-refractivity contribution is 0.0730. The van der Waals surface area contributed by atoms with Gasteiger partial charge in [-0.1, -0.05) is 13.8 Å². The third kappa shape index (κ3) is 5.45. The molecule has 0 unspecified atom stereocenters. The Morgan fingerprint density at radius 1 is 1.17 bits per heavy atom. The molecule has 0 bridgehead atoms. The van der Waals surface area contributed by atoms with Crippen LogP contribution >= 0.6 is 0 Å². The molecule has 30 heavy (non-hydrogen) atoms. The molecule has 1 saturated heterocycles. The van der Waals surface area contributed by atoms with Crippen LogP contribution in [-0.2, 0) is 21.3 Å². The van der Waals surface area contributed by atoms with Gasteiger partial charge >= 0.3 is 0 Å². The molecule has 1 aromatic heterocycles. The molecule has 3 rings (SSSR count). The number of hydrogen-bond acceptors (Lipinski definition) is 6. The minimum atomic E-state index is -3.57. The molecule has 0 spiro atoms. The average molecular weight is 436 g/mol. The summed E-state index contributed by atoms with van der Waals surface area (Å²) in [5, 5.41) is 7.09. The SMILES string of the molecule is CCN(CC)CCn1cc(NC(=O)c2ccc(S(=O)(=O)N3CCOCC3)cc2)cn1. The number of carbonyl (C=O) groups is 1. The predicted molar refractivity (Wildman–Crippen MR) is 114 cm³/mol. The summed E-state index contributed by atoms with van der Waals surface area (Å²) in [5.74, 6) is -0.311. The van der Waals surface area contributed by atoms with Crippen LogP contribution in [0.3, 0.4) is 0 Å². The highest BCUT2D eigenvalue weighted by Gasteiger charge is 2.26. The van der Waals surface area contributed by atoms with E-state index in [0.717, 1.165) is 26.2 Å². The van der Waals surface area contributed by atoms with E-state index in [1.807, 2.05) is 0 Å². The Bertz CT molecular complexity index is 932. The van der Waals surface area contributed by atoms with E-state index >= 15 is 0 Å².